The summed E-state index contributed by atoms with van der Waals surface area (Å²) in [7, 11) is -1.71. The lowest BCUT2D eigenvalue weighted by atomic mass is 9.94. The maximum absolute atomic E-state index is 13.1. The molecule has 4 rings (SSSR count). The second-order valence-corrected chi connectivity index (χ2v) is 11.6. The molecule has 2 fully saturated rings. The highest BCUT2D eigenvalue weighted by Gasteiger charge is 2.36. The monoisotopic (exact) mass is 464 g/mol. The maximum atomic E-state index is 13.1. The lowest BCUT2D eigenvalue weighted by Gasteiger charge is -2.40. The molecule has 9 heteroatoms. The molecule has 2 aliphatic heterocycles. The Morgan fingerprint density at radius 2 is 1.68 bits per heavy atom. The van der Waals surface area contributed by atoms with Crippen molar-refractivity contribution in [3.8, 4) is 16.3 Å². The molecule has 1 aromatic heterocycles. The highest BCUT2D eigenvalue weighted by Crippen LogP contribution is 2.27. The van der Waals surface area contributed by atoms with Gasteiger partial charge in [-0.2, -0.15) is 17.0 Å². The molecule has 0 aliphatic carbocycles. The Morgan fingerprint density at radius 3 is 2.29 bits per heavy atom. The first-order valence-electron chi connectivity index (χ1n) is 10.9. The summed E-state index contributed by atoms with van der Waals surface area (Å²) in [5, 5.41) is 3.09. The quantitative estimate of drug-likeness (QED) is 0.657. The van der Waals surface area contributed by atoms with Gasteiger partial charge in [0.15, 0.2) is 0 Å². The van der Waals surface area contributed by atoms with Crippen LogP contribution in [-0.2, 0) is 16.8 Å². The van der Waals surface area contributed by atoms with Gasteiger partial charge in [-0.15, -0.1) is 11.3 Å². The van der Waals surface area contributed by atoms with Crippen molar-refractivity contribution in [2.75, 3.05) is 46.4 Å². The molecular weight excluding hydrogens is 432 g/mol. The average Bonchev–Trinajstić information content (AvgIpc) is 3.22. The minimum Gasteiger partial charge on any atom is -0.497 e. The summed E-state index contributed by atoms with van der Waals surface area (Å²) in [6.07, 6.45) is 1.10. The van der Waals surface area contributed by atoms with Crippen molar-refractivity contribution in [1.29, 1.82) is 0 Å². The number of hydrogen-bond acceptors (Lipinski definition) is 6. The van der Waals surface area contributed by atoms with E-state index in [2.05, 4.69) is 24.1 Å². The van der Waals surface area contributed by atoms with E-state index in [1.807, 2.05) is 24.3 Å². The lowest BCUT2D eigenvalue weighted by Crippen LogP contribution is -2.55. The average molecular weight is 465 g/mol. The highest BCUT2D eigenvalue weighted by atomic mass is 32.2. The van der Waals surface area contributed by atoms with Crippen molar-refractivity contribution in [3.05, 3.63) is 35.3 Å². The first kappa shape index (κ1) is 22.7. The van der Waals surface area contributed by atoms with Gasteiger partial charge in [0.1, 0.15) is 10.8 Å². The second kappa shape index (κ2) is 9.54. The molecule has 0 spiro atoms. The van der Waals surface area contributed by atoms with Crippen molar-refractivity contribution in [2.45, 2.75) is 26.8 Å². The van der Waals surface area contributed by atoms with E-state index in [-0.39, 0.29) is 0 Å². The third-order valence-electron chi connectivity index (χ3n) is 6.09. The van der Waals surface area contributed by atoms with E-state index in [4.69, 9.17) is 9.72 Å². The van der Waals surface area contributed by atoms with Crippen LogP contribution in [0.3, 0.4) is 0 Å². The third kappa shape index (κ3) is 5.28. The lowest BCUT2D eigenvalue weighted by molar-refractivity contribution is 0.161. The molecule has 7 nitrogen and oxygen atoms in total. The van der Waals surface area contributed by atoms with Crippen molar-refractivity contribution < 1.29 is 13.2 Å². The van der Waals surface area contributed by atoms with Crippen LogP contribution >= 0.6 is 11.3 Å². The van der Waals surface area contributed by atoms with Crippen LogP contribution in [0.4, 0.5) is 0 Å². The van der Waals surface area contributed by atoms with E-state index >= 15 is 0 Å². The minimum atomic E-state index is -3.37. The summed E-state index contributed by atoms with van der Waals surface area (Å²) >= 11 is 1.64. The van der Waals surface area contributed by atoms with Gasteiger partial charge in [0.05, 0.1) is 12.8 Å². The number of thiazole rings is 1. The van der Waals surface area contributed by atoms with E-state index in [0.29, 0.717) is 38.0 Å². The van der Waals surface area contributed by atoms with Crippen molar-refractivity contribution in [3.63, 3.8) is 0 Å². The molecular formula is C22H32N4O3S2. The van der Waals surface area contributed by atoms with Gasteiger partial charge in [0.2, 0.25) is 0 Å². The smallest absolute Gasteiger partial charge is 0.282 e. The molecule has 2 unspecified atom stereocenters. The fraction of sp³-hybridized carbons (Fsp3) is 0.591. The number of methoxy groups -OCH3 is 1. The first-order chi connectivity index (χ1) is 14.8. The largest absolute Gasteiger partial charge is 0.497 e. The predicted molar refractivity (Wildman–Crippen MR) is 124 cm³/mol. The number of rotatable bonds is 6. The van der Waals surface area contributed by atoms with E-state index in [9.17, 15) is 8.42 Å². The van der Waals surface area contributed by atoms with Crippen LogP contribution in [0.1, 0.15) is 26.0 Å². The molecule has 0 bridgehead atoms. The molecule has 31 heavy (non-hydrogen) atoms. The molecule has 0 radical (unpaired) electrons. The Morgan fingerprint density at radius 1 is 1.03 bits per heavy atom. The summed E-state index contributed by atoms with van der Waals surface area (Å²) < 4.78 is 34.8. The van der Waals surface area contributed by atoms with Crippen LogP contribution in [0, 0.1) is 11.8 Å². The summed E-state index contributed by atoms with van der Waals surface area (Å²) in [4.78, 5) is 7.08. The number of ether oxygens (including phenoxy) is 1. The molecule has 0 N–H and O–H groups in total. The number of nitrogens with zero attached hydrogens (tertiary/aromatic N) is 4. The van der Waals surface area contributed by atoms with Crippen LogP contribution in [0.5, 0.6) is 5.75 Å². The summed E-state index contributed by atoms with van der Waals surface area (Å²) in [6, 6.07) is 7.93. The first-order valence-corrected chi connectivity index (χ1v) is 13.2. The van der Waals surface area contributed by atoms with Gasteiger partial charge in [-0.05, 0) is 42.5 Å². The van der Waals surface area contributed by atoms with E-state index < -0.39 is 10.2 Å². The maximum Gasteiger partial charge on any atom is 0.282 e. The van der Waals surface area contributed by atoms with E-state index in [1.165, 1.54) is 0 Å². The molecule has 2 aromatic rings. The predicted octanol–water partition coefficient (Wildman–Crippen LogP) is 3.16. The molecule has 0 amide bonds. The zero-order valence-electron chi connectivity index (χ0n) is 18.5. The highest BCUT2D eigenvalue weighted by molar-refractivity contribution is 7.86. The third-order valence-corrected chi connectivity index (χ3v) is 9.00. The molecule has 170 valence electrons. The number of piperazine rings is 1. The SMILES string of the molecule is COc1ccc(-c2nc(CN3CCN(S(=O)(=O)N4CC(C)CC(C)C4)CC3)cs2)cc1. The number of piperidine rings is 1. The van der Waals surface area contributed by atoms with Crippen molar-refractivity contribution in [2.24, 2.45) is 11.8 Å². The molecule has 1 aromatic carbocycles. The normalized spacial score (nSPS) is 24.4. The van der Waals surface area contributed by atoms with Crippen molar-refractivity contribution in [1.82, 2.24) is 18.5 Å². The Kier molecular flexibility index (Phi) is 6.98. The van der Waals surface area contributed by atoms with Crippen LogP contribution in [0.15, 0.2) is 29.6 Å². The molecule has 0 saturated carbocycles. The van der Waals surface area contributed by atoms with Gasteiger partial charge in [0.25, 0.3) is 10.2 Å². The van der Waals surface area contributed by atoms with Crippen molar-refractivity contribution >= 4 is 21.5 Å². The zero-order chi connectivity index (χ0) is 22.0. The van der Waals surface area contributed by atoms with Gasteiger partial charge in [-0.3, -0.25) is 4.90 Å². The molecule has 2 saturated heterocycles. The van der Waals surface area contributed by atoms with Gasteiger partial charge in [0, 0.05) is 56.8 Å². The second-order valence-electron chi connectivity index (χ2n) is 8.82. The van der Waals surface area contributed by atoms with Crippen LogP contribution in [0.2, 0.25) is 0 Å². The Bertz CT molecular complexity index is 959. The number of aromatic nitrogens is 1. The van der Waals surface area contributed by atoms with Crippen LogP contribution in [-0.4, -0.2) is 73.3 Å². The fourth-order valence-corrected chi connectivity index (χ4v) is 7.20. The molecule has 2 atom stereocenters. The van der Waals surface area contributed by atoms with E-state index in [0.717, 1.165) is 48.1 Å². The molecule has 3 heterocycles. The summed E-state index contributed by atoms with van der Waals surface area (Å²) in [5.74, 6) is 1.68. The van der Waals surface area contributed by atoms with Gasteiger partial charge < -0.3 is 4.74 Å². The van der Waals surface area contributed by atoms with Crippen LogP contribution < -0.4 is 4.74 Å². The van der Waals surface area contributed by atoms with Gasteiger partial charge >= 0.3 is 0 Å². The van der Waals surface area contributed by atoms with E-state index in [1.54, 1.807) is 27.1 Å². The van der Waals surface area contributed by atoms with Gasteiger partial charge in [-0.25, -0.2) is 4.98 Å². The summed E-state index contributed by atoms with van der Waals surface area (Å²) in [6.45, 7) is 8.85. The number of hydrogen-bond donors (Lipinski definition) is 0. The molecule has 2 aliphatic rings. The number of benzene rings is 1. The fourth-order valence-electron chi connectivity index (χ4n) is 4.55. The Labute approximate surface area is 189 Å². The van der Waals surface area contributed by atoms with Gasteiger partial charge in [-0.1, -0.05) is 13.8 Å². The topological polar surface area (TPSA) is 66.0 Å². The Hall–Kier alpha value is -1.52. The Balaban J connectivity index is 1.32. The standard InChI is InChI=1S/C22H32N4O3S2/c1-17-12-18(2)14-26(13-17)31(27,28)25-10-8-24(9-11-25)15-20-16-30-22(23-20)19-4-6-21(29-3)7-5-19/h4-7,16-18H,8-15H2,1-3H3. The van der Waals surface area contributed by atoms with Crippen LogP contribution in [0.25, 0.3) is 10.6 Å². The zero-order valence-corrected chi connectivity index (χ0v) is 20.2. The summed E-state index contributed by atoms with van der Waals surface area (Å²) in [5.41, 5.74) is 2.11. The minimum absolute atomic E-state index is 0.421.